The molecule has 0 saturated heterocycles. The molecule has 0 saturated carbocycles. The largest absolute Gasteiger partial charge is 0.236 e. The van der Waals surface area contributed by atoms with Crippen LogP contribution in [-0.2, 0) is 0 Å². The second-order valence-electron chi connectivity index (χ2n) is 14.5. The first-order valence-electron chi connectivity index (χ1n) is 19.3. The van der Waals surface area contributed by atoms with Gasteiger partial charge >= 0.3 is 0 Å². The molecule has 0 aliphatic carbocycles. The predicted molar refractivity (Wildman–Crippen MR) is 246 cm³/mol. The first-order chi connectivity index (χ1) is 28.7. The summed E-state index contributed by atoms with van der Waals surface area (Å²) in [6, 6.07) is 64.3. The van der Waals surface area contributed by atoms with Gasteiger partial charge in [0, 0.05) is 68.8 Å². The van der Waals surface area contributed by atoms with Crippen LogP contribution in [0.1, 0.15) is 0 Å². The van der Waals surface area contributed by atoms with E-state index in [0.717, 1.165) is 48.9 Å². The number of hydrogen-bond donors (Lipinski definition) is 0. The number of pyridine rings is 1. The van der Waals surface area contributed by atoms with Gasteiger partial charge in [0.1, 0.15) is 4.83 Å². The summed E-state index contributed by atoms with van der Waals surface area (Å²) >= 11 is 3.60. The molecule has 0 radical (unpaired) electrons. The summed E-state index contributed by atoms with van der Waals surface area (Å²) in [5.41, 5.74) is 7.18. The van der Waals surface area contributed by atoms with Gasteiger partial charge in [-0.25, -0.2) is 19.9 Å². The van der Waals surface area contributed by atoms with Crippen LogP contribution >= 0.6 is 22.7 Å². The fourth-order valence-corrected chi connectivity index (χ4v) is 10.8. The van der Waals surface area contributed by atoms with Gasteiger partial charge in [-0.2, -0.15) is 0 Å². The molecule has 6 heteroatoms. The number of rotatable bonds is 5. The van der Waals surface area contributed by atoms with Crippen LogP contribution in [0.3, 0.4) is 0 Å². The van der Waals surface area contributed by atoms with Crippen LogP contribution in [-0.4, -0.2) is 19.9 Å². The Morgan fingerprint density at radius 3 is 1.67 bits per heavy atom. The predicted octanol–water partition coefficient (Wildman–Crippen LogP) is 14.6. The molecule has 4 nitrogen and oxygen atoms in total. The first-order valence-corrected chi connectivity index (χ1v) is 20.9. The second kappa shape index (κ2) is 13.2. The van der Waals surface area contributed by atoms with E-state index in [1.54, 1.807) is 11.3 Å². The fourth-order valence-electron chi connectivity index (χ4n) is 8.50. The maximum atomic E-state index is 5.34. The van der Waals surface area contributed by atoms with Crippen molar-refractivity contribution in [2.75, 3.05) is 0 Å². The number of fused-ring (bicyclic) bond motifs is 9. The average molecular weight is 775 g/mol. The lowest BCUT2D eigenvalue weighted by Gasteiger charge is -2.14. The molecule has 0 amide bonds. The normalized spacial score (nSPS) is 11.8. The average Bonchev–Trinajstić information content (AvgIpc) is 3.87. The van der Waals surface area contributed by atoms with E-state index >= 15 is 0 Å². The number of nitrogens with zero attached hydrogens (tertiary/aromatic N) is 4. The lowest BCUT2D eigenvalue weighted by Crippen LogP contribution is -2.01. The Balaban J connectivity index is 1.04. The van der Waals surface area contributed by atoms with Gasteiger partial charge in [-0.3, -0.25) is 0 Å². The maximum Gasteiger partial charge on any atom is 0.164 e. The number of hydrogen-bond acceptors (Lipinski definition) is 6. The highest BCUT2D eigenvalue weighted by Gasteiger charge is 2.20. The van der Waals surface area contributed by atoms with Gasteiger partial charge in [-0.1, -0.05) is 158 Å². The summed E-state index contributed by atoms with van der Waals surface area (Å²) in [6.45, 7) is 0. The molecule has 4 heterocycles. The van der Waals surface area contributed by atoms with Crippen LogP contribution in [0.15, 0.2) is 182 Å². The van der Waals surface area contributed by atoms with E-state index < -0.39 is 0 Å². The fraction of sp³-hybridized carbons (Fsp3) is 0. The topological polar surface area (TPSA) is 51.6 Å². The molecule has 0 unspecified atom stereocenters. The molecule has 0 N–H and O–H groups in total. The first kappa shape index (κ1) is 33.1. The highest BCUT2D eigenvalue weighted by atomic mass is 32.1. The van der Waals surface area contributed by atoms with Gasteiger partial charge in [0.15, 0.2) is 17.5 Å². The van der Waals surface area contributed by atoms with Crippen molar-refractivity contribution in [3.63, 3.8) is 0 Å². The van der Waals surface area contributed by atoms with E-state index in [0.29, 0.717) is 17.5 Å². The number of aromatic nitrogens is 4. The number of benzene rings is 8. The van der Waals surface area contributed by atoms with Gasteiger partial charge < -0.3 is 0 Å². The van der Waals surface area contributed by atoms with Crippen LogP contribution in [0.25, 0.3) is 119 Å². The molecule has 0 aliphatic rings. The molecule has 0 atom stereocenters. The van der Waals surface area contributed by atoms with Crippen molar-refractivity contribution in [3.05, 3.63) is 182 Å². The standard InChI is InChI=1S/C52H30N4S2/c1-2-14-31(15-3-1)49-54-50(33-17-12-16-32(30-33)47-39-22-7-6-21-38(39)46-43-23-9-11-27-45(43)58-52(46)53-47)56-51(55-49)42-29-28-36(34-18-4-5-19-35(34)42)40-24-13-25-41-37-20-8-10-26-44(37)57-48(40)41/h1-30H. The van der Waals surface area contributed by atoms with Crippen molar-refractivity contribution in [2.24, 2.45) is 0 Å². The highest BCUT2D eigenvalue weighted by molar-refractivity contribution is 7.26. The summed E-state index contributed by atoms with van der Waals surface area (Å²) in [5, 5.41) is 9.62. The van der Waals surface area contributed by atoms with Crippen molar-refractivity contribution in [2.45, 2.75) is 0 Å². The molecule has 12 rings (SSSR count). The number of thiophene rings is 2. The molecule has 0 bridgehead atoms. The Bertz CT molecular complexity index is 3590. The summed E-state index contributed by atoms with van der Waals surface area (Å²) in [7, 11) is 0. The summed E-state index contributed by atoms with van der Waals surface area (Å²) < 4.78 is 3.83. The van der Waals surface area contributed by atoms with E-state index in [-0.39, 0.29) is 0 Å². The van der Waals surface area contributed by atoms with Gasteiger partial charge in [0.05, 0.1) is 5.69 Å². The monoisotopic (exact) mass is 774 g/mol. The van der Waals surface area contributed by atoms with Gasteiger partial charge in [0.2, 0.25) is 0 Å². The van der Waals surface area contributed by atoms with Crippen molar-refractivity contribution in [1.29, 1.82) is 0 Å². The Morgan fingerprint density at radius 1 is 0.310 bits per heavy atom. The summed E-state index contributed by atoms with van der Waals surface area (Å²) in [4.78, 5) is 22.0. The zero-order chi connectivity index (χ0) is 38.2. The van der Waals surface area contributed by atoms with Crippen LogP contribution in [0.2, 0.25) is 0 Å². The Kier molecular flexibility index (Phi) is 7.55. The third-order valence-electron chi connectivity index (χ3n) is 11.2. The molecule has 12 aromatic rings. The quantitative estimate of drug-likeness (QED) is 0.175. The smallest absolute Gasteiger partial charge is 0.164 e. The van der Waals surface area contributed by atoms with Crippen molar-refractivity contribution >= 4 is 84.7 Å². The van der Waals surface area contributed by atoms with Crippen LogP contribution in [0.5, 0.6) is 0 Å². The molecule has 0 aliphatic heterocycles. The molecule has 4 aromatic heterocycles. The molecular weight excluding hydrogens is 745 g/mol. The van der Waals surface area contributed by atoms with Crippen molar-refractivity contribution in [3.8, 4) is 56.5 Å². The minimum Gasteiger partial charge on any atom is -0.236 e. The highest BCUT2D eigenvalue weighted by Crippen LogP contribution is 2.44. The van der Waals surface area contributed by atoms with E-state index in [9.17, 15) is 0 Å². The third-order valence-corrected chi connectivity index (χ3v) is 13.4. The van der Waals surface area contributed by atoms with Crippen molar-refractivity contribution < 1.29 is 0 Å². The molecule has 58 heavy (non-hydrogen) atoms. The SMILES string of the molecule is c1ccc(-c2nc(-c3cccc(-c4nc5sc6ccccc6c5c5ccccc45)c3)nc(-c3ccc(-c4cccc5c4sc4ccccc45)c4ccccc34)n2)cc1. The minimum atomic E-state index is 0.612. The zero-order valence-corrected chi connectivity index (χ0v) is 32.6. The van der Waals surface area contributed by atoms with Gasteiger partial charge in [0.25, 0.3) is 0 Å². The lowest BCUT2D eigenvalue weighted by atomic mass is 9.94. The van der Waals surface area contributed by atoms with Crippen LogP contribution < -0.4 is 0 Å². The van der Waals surface area contributed by atoms with Crippen LogP contribution in [0, 0.1) is 0 Å². The Morgan fingerprint density at radius 2 is 0.862 bits per heavy atom. The van der Waals surface area contributed by atoms with Gasteiger partial charge in [-0.15, -0.1) is 22.7 Å². The molecule has 270 valence electrons. The van der Waals surface area contributed by atoms with E-state index in [4.69, 9.17) is 19.9 Å². The lowest BCUT2D eigenvalue weighted by molar-refractivity contribution is 1.08. The van der Waals surface area contributed by atoms with Crippen molar-refractivity contribution in [1.82, 2.24) is 19.9 Å². The molecule has 0 spiro atoms. The van der Waals surface area contributed by atoms with E-state index in [1.165, 1.54) is 52.2 Å². The van der Waals surface area contributed by atoms with E-state index in [1.807, 2.05) is 29.5 Å². The molecule has 8 aromatic carbocycles. The summed E-state index contributed by atoms with van der Waals surface area (Å²) in [6.07, 6.45) is 0. The zero-order valence-electron chi connectivity index (χ0n) is 30.9. The van der Waals surface area contributed by atoms with Gasteiger partial charge in [-0.05, 0) is 46.0 Å². The third kappa shape index (κ3) is 5.27. The molecule has 0 fully saturated rings. The van der Waals surface area contributed by atoms with Crippen LogP contribution in [0.4, 0.5) is 0 Å². The molecular formula is C52H30N4S2. The minimum absolute atomic E-state index is 0.612. The second-order valence-corrected chi connectivity index (χ2v) is 16.6. The Hall–Kier alpha value is -7.12. The van der Waals surface area contributed by atoms with E-state index in [2.05, 4.69) is 164 Å². The summed E-state index contributed by atoms with van der Waals surface area (Å²) in [5.74, 6) is 1.87. The Labute approximate surface area is 341 Å². The maximum absolute atomic E-state index is 5.34.